The Balaban J connectivity index is 0.00000134. The van der Waals surface area contributed by atoms with Gasteiger partial charge >= 0.3 is 0 Å². The second-order valence-electron chi connectivity index (χ2n) is 9.00. The van der Waals surface area contributed by atoms with Gasteiger partial charge in [-0.1, -0.05) is 88.0 Å². The van der Waals surface area contributed by atoms with E-state index in [4.69, 9.17) is 0 Å². The fourth-order valence-corrected chi connectivity index (χ4v) is 5.80. The van der Waals surface area contributed by atoms with E-state index in [9.17, 15) is 5.11 Å². The number of hydrogen-bond acceptors (Lipinski definition) is 1. The summed E-state index contributed by atoms with van der Waals surface area (Å²) in [5, 5.41) is 10.4. The van der Waals surface area contributed by atoms with E-state index < -0.39 is 0 Å². The highest BCUT2D eigenvalue weighted by molar-refractivity contribution is 5.05. The van der Waals surface area contributed by atoms with Gasteiger partial charge in [0.15, 0.2) is 0 Å². The van der Waals surface area contributed by atoms with E-state index in [0.717, 1.165) is 18.3 Å². The van der Waals surface area contributed by atoms with Crippen molar-refractivity contribution < 1.29 is 5.11 Å². The van der Waals surface area contributed by atoms with Gasteiger partial charge in [0, 0.05) is 0 Å². The van der Waals surface area contributed by atoms with Crippen LogP contribution in [0.3, 0.4) is 0 Å². The molecule has 0 aromatic heterocycles. The minimum absolute atomic E-state index is 0.0227. The van der Waals surface area contributed by atoms with Crippen molar-refractivity contribution >= 4 is 0 Å². The zero-order chi connectivity index (χ0) is 19.7. The molecule has 0 aliphatic heterocycles. The second-order valence-corrected chi connectivity index (χ2v) is 9.00. The normalized spacial score (nSPS) is 33.5. The standard InChI is InChI=1S/C20H38O.2C2H6/c1-6-19(4,13-7-9-15(2)3)18-12-11-16-17(21)10-8-14-20(16,18)5;2*1-2/h15-18,21H,6-14H2,1-5H3;2*1-2H3/t16?,17-,18+,19+,20-;;/m0../s1. The molecule has 2 aliphatic rings. The van der Waals surface area contributed by atoms with Gasteiger partial charge in [-0.2, -0.15) is 0 Å². The largest absolute Gasteiger partial charge is 0.393 e. The van der Waals surface area contributed by atoms with Crippen molar-refractivity contribution in [1.29, 1.82) is 0 Å². The van der Waals surface area contributed by atoms with Crippen LogP contribution in [-0.4, -0.2) is 11.2 Å². The molecule has 0 spiro atoms. The van der Waals surface area contributed by atoms with E-state index in [1.165, 1.54) is 51.4 Å². The molecule has 2 aliphatic carbocycles. The van der Waals surface area contributed by atoms with Gasteiger partial charge in [-0.3, -0.25) is 0 Å². The molecule has 0 amide bonds. The molecule has 0 heterocycles. The predicted octanol–water partition coefficient (Wildman–Crippen LogP) is 7.86. The summed E-state index contributed by atoms with van der Waals surface area (Å²) >= 11 is 0. The Morgan fingerprint density at radius 2 is 1.68 bits per heavy atom. The first-order valence-electron chi connectivity index (χ1n) is 11.5. The number of aliphatic hydroxyl groups excluding tert-OH is 1. The van der Waals surface area contributed by atoms with Crippen LogP contribution in [0.25, 0.3) is 0 Å². The summed E-state index contributed by atoms with van der Waals surface area (Å²) < 4.78 is 0. The van der Waals surface area contributed by atoms with Crippen molar-refractivity contribution in [2.45, 2.75) is 126 Å². The van der Waals surface area contributed by atoms with Crippen LogP contribution in [0, 0.1) is 28.6 Å². The minimum atomic E-state index is -0.0227. The smallest absolute Gasteiger partial charge is 0.0573 e. The Bertz CT molecular complexity index is 337. The van der Waals surface area contributed by atoms with E-state index in [0.29, 0.717) is 16.7 Å². The minimum Gasteiger partial charge on any atom is -0.393 e. The van der Waals surface area contributed by atoms with Crippen LogP contribution >= 0.6 is 0 Å². The maximum atomic E-state index is 10.4. The average Bonchev–Trinajstić information content (AvgIpc) is 2.97. The third kappa shape index (κ3) is 5.98. The monoisotopic (exact) mass is 354 g/mol. The van der Waals surface area contributed by atoms with Crippen LogP contribution in [0.15, 0.2) is 0 Å². The SMILES string of the molecule is CC.CC.CC[C@](C)(CCCC(C)C)[C@H]1CCC2[C@@H](O)CCC[C@@]21C. The number of rotatable bonds is 6. The molecule has 152 valence electrons. The molecule has 0 aromatic carbocycles. The van der Waals surface area contributed by atoms with Crippen molar-refractivity contribution in [2.75, 3.05) is 0 Å². The van der Waals surface area contributed by atoms with Gasteiger partial charge in [0.2, 0.25) is 0 Å². The molecule has 1 N–H and O–H groups in total. The molecule has 1 nitrogen and oxygen atoms in total. The van der Waals surface area contributed by atoms with Gasteiger partial charge in [0.05, 0.1) is 6.10 Å². The van der Waals surface area contributed by atoms with E-state index in [2.05, 4.69) is 34.6 Å². The Morgan fingerprint density at radius 1 is 1.08 bits per heavy atom. The van der Waals surface area contributed by atoms with Gasteiger partial charge in [-0.25, -0.2) is 0 Å². The molecule has 0 radical (unpaired) electrons. The summed E-state index contributed by atoms with van der Waals surface area (Å²) in [5.41, 5.74) is 0.885. The first kappa shape index (κ1) is 25.0. The van der Waals surface area contributed by atoms with Crippen molar-refractivity contribution in [3.63, 3.8) is 0 Å². The van der Waals surface area contributed by atoms with Crippen molar-refractivity contribution in [3.8, 4) is 0 Å². The molecule has 0 bridgehead atoms. The lowest BCUT2D eigenvalue weighted by molar-refractivity contribution is -0.0505. The summed E-state index contributed by atoms with van der Waals surface area (Å²) in [6, 6.07) is 0. The predicted molar refractivity (Wildman–Crippen MR) is 114 cm³/mol. The third-order valence-electron chi connectivity index (χ3n) is 7.27. The topological polar surface area (TPSA) is 20.2 Å². The van der Waals surface area contributed by atoms with Gasteiger partial charge in [-0.05, 0) is 60.7 Å². The molecule has 25 heavy (non-hydrogen) atoms. The van der Waals surface area contributed by atoms with Gasteiger partial charge in [-0.15, -0.1) is 0 Å². The number of hydrogen-bond donors (Lipinski definition) is 1. The third-order valence-corrected chi connectivity index (χ3v) is 7.27. The molecule has 0 saturated heterocycles. The van der Waals surface area contributed by atoms with Crippen LogP contribution in [0.5, 0.6) is 0 Å². The maximum Gasteiger partial charge on any atom is 0.0573 e. The van der Waals surface area contributed by atoms with E-state index >= 15 is 0 Å². The molecule has 1 heteroatoms. The number of fused-ring (bicyclic) bond motifs is 1. The van der Waals surface area contributed by atoms with Gasteiger partial charge in [0.1, 0.15) is 0 Å². The van der Waals surface area contributed by atoms with Crippen molar-refractivity contribution in [3.05, 3.63) is 0 Å². The second kappa shape index (κ2) is 11.6. The highest BCUT2D eigenvalue weighted by atomic mass is 16.3. The zero-order valence-electron chi connectivity index (χ0n) is 19.1. The molecule has 2 fully saturated rings. The van der Waals surface area contributed by atoms with Crippen molar-refractivity contribution in [2.24, 2.45) is 28.6 Å². The summed E-state index contributed by atoms with van der Waals surface area (Å²) in [6.45, 7) is 20.1. The zero-order valence-corrected chi connectivity index (χ0v) is 19.1. The highest BCUT2D eigenvalue weighted by Crippen LogP contribution is 2.62. The van der Waals surface area contributed by atoms with Crippen LogP contribution < -0.4 is 0 Å². The number of aliphatic hydroxyl groups is 1. The van der Waals surface area contributed by atoms with E-state index in [-0.39, 0.29) is 6.10 Å². The lowest BCUT2D eigenvalue weighted by atomic mass is 9.56. The molecular weight excluding hydrogens is 304 g/mol. The fraction of sp³-hybridized carbons (Fsp3) is 1.00. The van der Waals surface area contributed by atoms with Gasteiger partial charge < -0.3 is 5.11 Å². The van der Waals surface area contributed by atoms with Crippen molar-refractivity contribution in [1.82, 2.24) is 0 Å². The van der Waals surface area contributed by atoms with E-state index in [1.54, 1.807) is 0 Å². The molecule has 5 atom stereocenters. The average molecular weight is 355 g/mol. The summed E-state index contributed by atoms with van der Waals surface area (Å²) in [4.78, 5) is 0. The Labute approximate surface area is 160 Å². The van der Waals surface area contributed by atoms with Crippen LogP contribution in [0.1, 0.15) is 120 Å². The molecule has 2 rings (SSSR count). The summed E-state index contributed by atoms with van der Waals surface area (Å²) in [6.07, 6.45) is 11.6. The Kier molecular flexibility index (Phi) is 11.6. The first-order chi connectivity index (χ1) is 11.8. The Hall–Kier alpha value is -0.0400. The maximum absolute atomic E-state index is 10.4. The molecular formula is C24H50O. The lowest BCUT2D eigenvalue weighted by Crippen LogP contribution is -2.44. The van der Waals surface area contributed by atoms with Crippen LogP contribution in [0.4, 0.5) is 0 Å². The first-order valence-corrected chi connectivity index (χ1v) is 11.5. The van der Waals surface area contributed by atoms with Gasteiger partial charge in [0.25, 0.3) is 0 Å². The van der Waals surface area contributed by atoms with Crippen LogP contribution in [0.2, 0.25) is 0 Å². The summed E-state index contributed by atoms with van der Waals surface area (Å²) in [5.74, 6) is 2.23. The Morgan fingerprint density at radius 3 is 2.20 bits per heavy atom. The van der Waals surface area contributed by atoms with Crippen LogP contribution in [-0.2, 0) is 0 Å². The van der Waals surface area contributed by atoms with E-state index in [1.807, 2.05) is 27.7 Å². The molecule has 1 unspecified atom stereocenters. The summed E-state index contributed by atoms with van der Waals surface area (Å²) in [7, 11) is 0. The molecule has 0 aromatic rings. The highest BCUT2D eigenvalue weighted by Gasteiger charge is 2.55. The quantitative estimate of drug-likeness (QED) is 0.514. The fourth-order valence-electron chi connectivity index (χ4n) is 5.80. The molecule has 2 saturated carbocycles. The lowest BCUT2D eigenvalue weighted by Gasteiger charge is -2.50.